The molecule has 1 amide bonds. The fourth-order valence-corrected chi connectivity index (χ4v) is 3.81. The zero-order chi connectivity index (χ0) is 21.8. The second-order valence-corrected chi connectivity index (χ2v) is 7.66. The highest BCUT2D eigenvalue weighted by Crippen LogP contribution is 2.22. The molecule has 0 saturated heterocycles. The SMILES string of the molecule is O=C(Cn1c(COc2ccc3ccccc3c2)nc2ccccc21)NCc1ccccc1. The van der Waals surface area contributed by atoms with E-state index >= 15 is 0 Å². The molecule has 0 atom stereocenters. The number of imidazole rings is 1. The van der Waals surface area contributed by atoms with Gasteiger partial charge in [-0.15, -0.1) is 0 Å². The normalized spacial score (nSPS) is 11.0. The number of hydrogen-bond acceptors (Lipinski definition) is 3. The number of carbonyl (C=O) groups excluding carboxylic acids is 1. The van der Waals surface area contributed by atoms with Crippen LogP contribution in [-0.2, 0) is 24.5 Å². The van der Waals surface area contributed by atoms with Crippen LogP contribution >= 0.6 is 0 Å². The molecule has 0 aliphatic carbocycles. The number of fused-ring (bicyclic) bond motifs is 2. The predicted octanol–water partition coefficient (Wildman–Crippen LogP) is 5.08. The lowest BCUT2D eigenvalue weighted by Gasteiger charge is -2.11. The molecule has 0 fully saturated rings. The van der Waals surface area contributed by atoms with Crippen LogP contribution in [0.4, 0.5) is 0 Å². The standard InChI is InChI=1S/C27H23N3O2/c31-27(28-17-20-8-2-1-3-9-20)18-30-25-13-7-6-12-24(25)29-26(30)19-32-23-15-14-21-10-4-5-11-22(21)16-23/h1-16H,17-19H2,(H,28,31). The molecule has 0 aliphatic rings. The van der Waals surface area contributed by atoms with Crippen LogP contribution in [0.25, 0.3) is 21.8 Å². The van der Waals surface area contributed by atoms with Crippen LogP contribution in [0.3, 0.4) is 0 Å². The molecule has 0 radical (unpaired) electrons. The van der Waals surface area contributed by atoms with E-state index in [1.807, 2.05) is 89.5 Å². The summed E-state index contributed by atoms with van der Waals surface area (Å²) < 4.78 is 7.99. The summed E-state index contributed by atoms with van der Waals surface area (Å²) in [6, 6.07) is 31.9. The minimum Gasteiger partial charge on any atom is -0.486 e. The summed E-state index contributed by atoms with van der Waals surface area (Å²) >= 11 is 0. The van der Waals surface area contributed by atoms with E-state index in [-0.39, 0.29) is 19.1 Å². The van der Waals surface area contributed by atoms with E-state index in [1.165, 1.54) is 5.39 Å². The van der Waals surface area contributed by atoms with Crippen LogP contribution in [-0.4, -0.2) is 15.5 Å². The highest BCUT2D eigenvalue weighted by molar-refractivity contribution is 5.84. The second-order valence-electron chi connectivity index (χ2n) is 7.66. The molecule has 5 rings (SSSR count). The molecule has 32 heavy (non-hydrogen) atoms. The number of nitrogens with one attached hydrogen (secondary N) is 1. The van der Waals surface area contributed by atoms with Gasteiger partial charge in [0, 0.05) is 6.54 Å². The Hall–Kier alpha value is -4.12. The molecule has 0 unspecified atom stereocenters. The average molecular weight is 422 g/mol. The molecular formula is C27H23N3O2. The van der Waals surface area contributed by atoms with Crippen molar-refractivity contribution in [2.24, 2.45) is 0 Å². The van der Waals surface area contributed by atoms with Crippen molar-refractivity contribution in [1.29, 1.82) is 0 Å². The number of nitrogens with zero attached hydrogens (tertiary/aromatic N) is 2. The molecule has 5 nitrogen and oxygen atoms in total. The van der Waals surface area contributed by atoms with Gasteiger partial charge in [0.2, 0.25) is 5.91 Å². The van der Waals surface area contributed by atoms with E-state index in [0.29, 0.717) is 12.4 Å². The van der Waals surface area contributed by atoms with Crippen LogP contribution in [0.5, 0.6) is 5.75 Å². The smallest absolute Gasteiger partial charge is 0.240 e. The Bertz CT molecular complexity index is 1380. The molecular weight excluding hydrogens is 398 g/mol. The van der Waals surface area contributed by atoms with Gasteiger partial charge in [-0.25, -0.2) is 4.98 Å². The molecule has 1 heterocycles. The lowest BCUT2D eigenvalue weighted by molar-refractivity contribution is -0.121. The number of para-hydroxylation sites is 2. The minimum atomic E-state index is -0.0658. The Kier molecular flexibility index (Phi) is 5.54. The Labute approximate surface area is 186 Å². The van der Waals surface area contributed by atoms with Crippen molar-refractivity contribution in [3.63, 3.8) is 0 Å². The van der Waals surface area contributed by atoms with Crippen molar-refractivity contribution in [3.05, 3.63) is 108 Å². The Balaban J connectivity index is 1.34. The van der Waals surface area contributed by atoms with Gasteiger partial charge in [-0.1, -0.05) is 72.8 Å². The Morgan fingerprint density at radius 3 is 2.47 bits per heavy atom. The monoisotopic (exact) mass is 421 g/mol. The molecule has 1 N–H and O–H groups in total. The van der Waals surface area contributed by atoms with Crippen LogP contribution in [0, 0.1) is 0 Å². The van der Waals surface area contributed by atoms with Gasteiger partial charge in [0.1, 0.15) is 24.7 Å². The van der Waals surface area contributed by atoms with E-state index in [4.69, 9.17) is 9.72 Å². The maximum atomic E-state index is 12.7. The third-order valence-electron chi connectivity index (χ3n) is 5.46. The number of aromatic nitrogens is 2. The molecule has 4 aromatic carbocycles. The average Bonchev–Trinajstić information content (AvgIpc) is 3.19. The first-order chi connectivity index (χ1) is 15.8. The highest BCUT2D eigenvalue weighted by atomic mass is 16.5. The predicted molar refractivity (Wildman–Crippen MR) is 126 cm³/mol. The maximum Gasteiger partial charge on any atom is 0.240 e. The summed E-state index contributed by atoms with van der Waals surface area (Å²) in [5.41, 5.74) is 2.83. The first-order valence-corrected chi connectivity index (χ1v) is 10.6. The first kappa shape index (κ1) is 19.8. The summed E-state index contributed by atoms with van der Waals surface area (Å²) in [6.45, 7) is 0.956. The van der Waals surface area contributed by atoms with Gasteiger partial charge >= 0.3 is 0 Å². The molecule has 0 aliphatic heterocycles. The number of benzene rings is 4. The largest absolute Gasteiger partial charge is 0.486 e. The number of amides is 1. The number of rotatable bonds is 7. The topological polar surface area (TPSA) is 56.2 Å². The van der Waals surface area contributed by atoms with Gasteiger partial charge in [-0.2, -0.15) is 0 Å². The summed E-state index contributed by atoms with van der Waals surface area (Å²) in [6.07, 6.45) is 0. The van der Waals surface area contributed by atoms with E-state index in [0.717, 1.165) is 27.7 Å². The number of ether oxygens (including phenoxy) is 1. The maximum absolute atomic E-state index is 12.7. The van der Waals surface area contributed by atoms with E-state index in [1.54, 1.807) is 0 Å². The zero-order valence-corrected chi connectivity index (χ0v) is 17.6. The van der Waals surface area contributed by atoms with Crippen LogP contribution in [0.15, 0.2) is 97.1 Å². The quantitative estimate of drug-likeness (QED) is 0.398. The summed E-state index contributed by atoms with van der Waals surface area (Å²) in [4.78, 5) is 17.4. The van der Waals surface area contributed by atoms with Crippen molar-refractivity contribution in [2.45, 2.75) is 19.7 Å². The van der Waals surface area contributed by atoms with Gasteiger partial charge in [0.15, 0.2) is 0 Å². The lowest BCUT2D eigenvalue weighted by atomic mass is 10.1. The number of hydrogen-bond donors (Lipinski definition) is 1. The van der Waals surface area contributed by atoms with Gasteiger partial charge in [0.25, 0.3) is 0 Å². The fraction of sp³-hybridized carbons (Fsp3) is 0.111. The summed E-state index contributed by atoms with van der Waals surface area (Å²) in [5, 5.41) is 5.29. The van der Waals surface area contributed by atoms with Crippen molar-refractivity contribution in [2.75, 3.05) is 0 Å². The summed E-state index contributed by atoms with van der Waals surface area (Å²) in [5.74, 6) is 1.43. The van der Waals surface area contributed by atoms with Crippen LogP contribution in [0.1, 0.15) is 11.4 Å². The van der Waals surface area contributed by atoms with E-state index < -0.39 is 0 Å². The molecule has 1 aromatic heterocycles. The number of carbonyl (C=O) groups is 1. The van der Waals surface area contributed by atoms with Crippen LogP contribution < -0.4 is 10.1 Å². The molecule has 0 bridgehead atoms. The Morgan fingerprint density at radius 1 is 0.844 bits per heavy atom. The highest BCUT2D eigenvalue weighted by Gasteiger charge is 2.14. The fourth-order valence-electron chi connectivity index (χ4n) is 3.81. The third kappa shape index (κ3) is 4.32. The first-order valence-electron chi connectivity index (χ1n) is 10.6. The van der Waals surface area contributed by atoms with E-state index in [9.17, 15) is 4.79 Å². The van der Waals surface area contributed by atoms with Crippen molar-refractivity contribution in [3.8, 4) is 5.75 Å². The van der Waals surface area contributed by atoms with E-state index in [2.05, 4.69) is 17.4 Å². The molecule has 158 valence electrons. The van der Waals surface area contributed by atoms with Gasteiger partial charge in [-0.3, -0.25) is 4.79 Å². The molecule has 5 heteroatoms. The van der Waals surface area contributed by atoms with Gasteiger partial charge in [0.05, 0.1) is 11.0 Å². The van der Waals surface area contributed by atoms with Crippen LogP contribution in [0.2, 0.25) is 0 Å². The molecule has 5 aromatic rings. The Morgan fingerprint density at radius 2 is 1.59 bits per heavy atom. The van der Waals surface area contributed by atoms with Gasteiger partial charge < -0.3 is 14.6 Å². The van der Waals surface area contributed by atoms with Crippen molar-refractivity contribution in [1.82, 2.24) is 14.9 Å². The second kappa shape index (κ2) is 8.94. The molecule has 0 saturated carbocycles. The molecule has 0 spiro atoms. The third-order valence-corrected chi connectivity index (χ3v) is 5.46. The zero-order valence-electron chi connectivity index (χ0n) is 17.6. The lowest BCUT2D eigenvalue weighted by Crippen LogP contribution is -2.28. The van der Waals surface area contributed by atoms with Crippen molar-refractivity contribution < 1.29 is 9.53 Å². The summed E-state index contributed by atoms with van der Waals surface area (Å²) in [7, 11) is 0. The van der Waals surface area contributed by atoms with Gasteiger partial charge in [-0.05, 0) is 40.6 Å². The minimum absolute atomic E-state index is 0.0658. The van der Waals surface area contributed by atoms with Crippen molar-refractivity contribution >= 4 is 27.7 Å².